The first kappa shape index (κ1) is 26.6. The van der Waals surface area contributed by atoms with Gasteiger partial charge in [-0.25, -0.2) is 5.43 Å². The first-order valence-corrected chi connectivity index (χ1v) is 11.7. The zero-order valence-corrected chi connectivity index (χ0v) is 20.9. The predicted molar refractivity (Wildman–Crippen MR) is 140 cm³/mol. The minimum absolute atomic E-state index is 0.000992. The summed E-state index contributed by atoms with van der Waals surface area (Å²) in [6.45, 7) is 2.72. The number of amides is 2. The van der Waals surface area contributed by atoms with E-state index in [0.717, 1.165) is 11.1 Å². The molecule has 3 rings (SSSR count). The summed E-state index contributed by atoms with van der Waals surface area (Å²) in [6.07, 6.45) is 1.53. The summed E-state index contributed by atoms with van der Waals surface area (Å²) in [5, 5.41) is 7.38. The largest absolute Gasteiger partial charge is 0.497 e. The van der Waals surface area contributed by atoms with Crippen LogP contribution in [0.1, 0.15) is 30.9 Å². The highest BCUT2D eigenvalue weighted by molar-refractivity contribution is 6.30. The molecule has 0 heterocycles. The lowest BCUT2D eigenvalue weighted by atomic mass is 10.2. The Hall–Kier alpha value is -4.04. The van der Waals surface area contributed by atoms with Crippen LogP contribution in [-0.4, -0.2) is 31.7 Å². The maximum absolute atomic E-state index is 12.1. The van der Waals surface area contributed by atoms with Crippen LogP contribution in [0.25, 0.3) is 0 Å². The number of hydrogen-bond donors (Lipinski definition) is 2. The number of carbonyl (C=O) groups is 2. The number of hydrogen-bond acceptors (Lipinski definition) is 6. The van der Waals surface area contributed by atoms with E-state index in [0.29, 0.717) is 41.2 Å². The van der Waals surface area contributed by atoms with Crippen molar-refractivity contribution in [2.75, 3.05) is 19.0 Å². The molecule has 0 saturated heterocycles. The van der Waals surface area contributed by atoms with Crippen molar-refractivity contribution in [1.82, 2.24) is 5.43 Å². The van der Waals surface area contributed by atoms with E-state index in [4.69, 9.17) is 25.8 Å². The molecule has 0 radical (unpaired) electrons. The normalized spacial score (nSPS) is 10.6. The standard InChI is InChI=1S/C27H28ClN3O5/c1-3-35-25-16-20(6-13-24(25)36-18-19-4-7-21(28)8-5-19)17-29-31-27(33)15-14-26(32)30-22-9-11-23(34-2)12-10-22/h4-13,16-17H,3,14-15,18H2,1-2H3,(H,30,32)(H,31,33). The molecule has 0 bridgehead atoms. The zero-order valence-electron chi connectivity index (χ0n) is 20.1. The Labute approximate surface area is 215 Å². The molecule has 36 heavy (non-hydrogen) atoms. The van der Waals surface area contributed by atoms with E-state index in [1.807, 2.05) is 31.2 Å². The Bertz CT molecular complexity index is 1180. The number of benzene rings is 3. The first-order chi connectivity index (χ1) is 17.5. The van der Waals surface area contributed by atoms with Crippen LogP contribution in [0.15, 0.2) is 71.8 Å². The number of ether oxygens (including phenoxy) is 3. The van der Waals surface area contributed by atoms with E-state index in [9.17, 15) is 9.59 Å². The maximum atomic E-state index is 12.1. The Morgan fingerprint density at radius 2 is 1.64 bits per heavy atom. The summed E-state index contributed by atoms with van der Waals surface area (Å²) in [7, 11) is 1.57. The summed E-state index contributed by atoms with van der Waals surface area (Å²) in [6, 6.07) is 19.7. The number of hydrazone groups is 1. The molecule has 3 aromatic rings. The molecule has 3 aromatic carbocycles. The van der Waals surface area contributed by atoms with E-state index in [-0.39, 0.29) is 24.7 Å². The van der Waals surface area contributed by atoms with Gasteiger partial charge in [0.15, 0.2) is 11.5 Å². The Morgan fingerprint density at radius 1 is 0.917 bits per heavy atom. The quantitative estimate of drug-likeness (QED) is 0.258. The molecule has 2 N–H and O–H groups in total. The van der Waals surface area contributed by atoms with Gasteiger partial charge in [0.2, 0.25) is 11.8 Å². The third kappa shape index (κ3) is 8.63. The molecule has 0 aromatic heterocycles. The molecule has 2 amide bonds. The molecule has 0 atom stereocenters. The van der Waals surface area contributed by atoms with Gasteiger partial charge in [-0.1, -0.05) is 23.7 Å². The Morgan fingerprint density at radius 3 is 2.33 bits per heavy atom. The lowest BCUT2D eigenvalue weighted by Gasteiger charge is -2.12. The van der Waals surface area contributed by atoms with Crippen molar-refractivity contribution in [2.45, 2.75) is 26.4 Å². The molecule has 0 aliphatic rings. The first-order valence-electron chi connectivity index (χ1n) is 11.4. The second-order valence-electron chi connectivity index (χ2n) is 7.62. The van der Waals surface area contributed by atoms with Gasteiger partial charge < -0.3 is 19.5 Å². The molecule has 0 aliphatic carbocycles. The highest BCUT2D eigenvalue weighted by atomic mass is 35.5. The van der Waals surface area contributed by atoms with E-state index in [1.165, 1.54) is 6.21 Å². The average molecular weight is 510 g/mol. The summed E-state index contributed by atoms with van der Waals surface area (Å²) in [4.78, 5) is 24.1. The fourth-order valence-electron chi connectivity index (χ4n) is 3.09. The summed E-state index contributed by atoms with van der Waals surface area (Å²) in [5.41, 5.74) is 4.76. The molecule has 0 spiro atoms. The molecule has 0 saturated carbocycles. The smallest absolute Gasteiger partial charge is 0.240 e. The van der Waals surface area contributed by atoms with Crippen LogP contribution < -0.4 is 25.0 Å². The number of carbonyl (C=O) groups excluding carboxylic acids is 2. The molecule has 188 valence electrons. The van der Waals surface area contributed by atoms with Gasteiger partial charge in [0.05, 0.1) is 19.9 Å². The third-order valence-electron chi connectivity index (χ3n) is 4.93. The van der Waals surface area contributed by atoms with E-state index in [2.05, 4.69) is 15.8 Å². The lowest BCUT2D eigenvalue weighted by Crippen LogP contribution is -2.20. The molecule has 0 fully saturated rings. The number of rotatable bonds is 12. The number of methoxy groups -OCH3 is 1. The van der Waals surface area contributed by atoms with Gasteiger partial charge in [-0.05, 0) is 72.6 Å². The van der Waals surface area contributed by atoms with Crippen molar-refractivity contribution >= 4 is 35.3 Å². The van der Waals surface area contributed by atoms with Crippen molar-refractivity contribution in [3.63, 3.8) is 0 Å². The average Bonchev–Trinajstić information content (AvgIpc) is 2.88. The highest BCUT2D eigenvalue weighted by Crippen LogP contribution is 2.29. The maximum Gasteiger partial charge on any atom is 0.240 e. The van der Waals surface area contributed by atoms with Crippen LogP contribution in [0.3, 0.4) is 0 Å². The van der Waals surface area contributed by atoms with Gasteiger partial charge in [0.1, 0.15) is 12.4 Å². The number of nitrogens with zero attached hydrogens (tertiary/aromatic N) is 1. The van der Waals surface area contributed by atoms with Gasteiger partial charge >= 0.3 is 0 Å². The highest BCUT2D eigenvalue weighted by Gasteiger charge is 2.09. The fraction of sp³-hybridized carbons (Fsp3) is 0.222. The fourth-order valence-corrected chi connectivity index (χ4v) is 3.22. The van der Waals surface area contributed by atoms with Crippen LogP contribution >= 0.6 is 11.6 Å². The third-order valence-corrected chi connectivity index (χ3v) is 5.18. The van der Waals surface area contributed by atoms with Crippen LogP contribution in [0.4, 0.5) is 5.69 Å². The van der Waals surface area contributed by atoms with Crippen molar-refractivity contribution in [1.29, 1.82) is 0 Å². The van der Waals surface area contributed by atoms with E-state index < -0.39 is 0 Å². The summed E-state index contributed by atoms with van der Waals surface area (Å²) < 4.78 is 16.7. The van der Waals surface area contributed by atoms with Crippen LogP contribution in [-0.2, 0) is 16.2 Å². The zero-order chi connectivity index (χ0) is 25.8. The molecule has 0 aliphatic heterocycles. The van der Waals surface area contributed by atoms with Gasteiger partial charge in [-0.3, -0.25) is 9.59 Å². The van der Waals surface area contributed by atoms with Crippen molar-refractivity contribution in [3.05, 3.63) is 82.9 Å². The Kier molecular flexibility index (Phi) is 10.1. The molecule has 8 nitrogen and oxygen atoms in total. The molecule has 9 heteroatoms. The monoisotopic (exact) mass is 509 g/mol. The van der Waals surface area contributed by atoms with E-state index >= 15 is 0 Å². The number of anilines is 1. The molecule has 0 unspecified atom stereocenters. The van der Waals surface area contributed by atoms with Gasteiger partial charge in [-0.2, -0.15) is 5.10 Å². The Balaban J connectivity index is 1.47. The molecular weight excluding hydrogens is 482 g/mol. The van der Waals surface area contributed by atoms with Gasteiger partial charge in [0, 0.05) is 23.6 Å². The summed E-state index contributed by atoms with van der Waals surface area (Å²) in [5.74, 6) is 1.21. The van der Waals surface area contributed by atoms with Crippen molar-refractivity contribution in [2.24, 2.45) is 5.10 Å². The second kappa shape index (κ2) is 13.7. The van der Waals surface area contributed by atoms with Crippen LogP contribution in [0, 0.1) is 0 Å². The molecular formula is C27H28ClN3O5. The van der Waals surface area contributed by atoms with Crippen LogP contribution in [0.5, 0.6) is 17.2 Å². The van der Waals surface area contributed by atoms with Crippen LogP contribution in [0.2, 0.25) is 5.02 Å². The predicted octanol–water partition coefficient (Wildman–Crippen LogP) is 5.20. The van der Waals surface area contributed by atoms with Crippen molar-refractivity contribution in [3.8, 4) is 17.2 Å². The van der Waals surface area contributed by atoms with Gasteiger partial charge in [-0.15, -0.1) is 0 Å². The minimum Gasteiger partial charge on any atom is -0.497 e. The SMILES string of the molecule is CCOc1cc(C=NNC(=O)CCC(=O)Nc2ccc(OC)cc2)ccc1OCc1ccc(Cl)cc1. The van der Waals surface area contributed by atoms with E-state index in [1.54, 1.807) is 49.6 Å². The number of halogens is 1. The number of nitrogens with one attached hydrogen (secondary N) is 2. The minimum atomic E-state index is -0.371. The van der Waals surface area contributed by atoms with Crippen molar-refractivity contribution < 1.29 is 23.8 Å². The lowest BCUT2D eigenvalue weighted by molar-refractivity contribution is -0.124. The second-order valence-corrected chi connectivity index (χ2v) is 8.06. The topological polar surface area (TPSA) is 98.2 Å². The summed E-state index contributed by atoms with van der Waals surface area (Å²) >= 11 is 5.92. The van der Waals surface area contributed by atoms with Gasteiger partial charge in [0.25, 0.3) is 0 Å².